The number of hydrogen-bond donors (Lipinski definition) is 0. The van der Waals surface area contributed by atoms with Crippen LogP contribution >= 0.6 is 11.6 Å². The second-order valence-electron chi connectivity index (χ2n) is 4.31. The number of nitriles is 1. The number of halogens is 1. The Bertz CT molecular complexity index is 650. The molecular weight excluding hydrogens is 290 g/mol. The number of nitroso groups, excluding NO2 is 1. The summed E-state index contributed by atoms with van der Waals surface area (Å²) in [6.45, 7) is 0. The van der Waals surface area contributed by atoms with Gasteiger partial charge in [0.15, 0.2) is 0 Å². The van der Waals surface area contributed by atoms with Crippen molar-refractivity contribution in [3.63, 3.8) is 0 Å². The van der Waals surface area contributed by atoms with Crippen molar-refractivity contribution in [3.05, 3.63) is 69.6 Å². The van der Waals surface area contributed by atoms with Crippen LogP contribution in [0.2, 0.25) is 5.02 Å². The molecule has 2 aromatic rings. The van der Waals surface area contributed by atoms with E-state index in [-0.39, 0.29) is 0 Å². The fraction of sp³-hybridized carbons (Fsp3) is 0.133. The van der Waals surface area contributed by atoms with Crippen molar-refractivity contribution in [2.24, 2.45) is 5.29 Å². The van der Waals surface area contributed by atoms with Gasteiger partial charge in [-0.25, -0.2) is 5.01 Å². The lowest BCUT2D eigenvalue weighted by molar-refractivity contribution is 0.0445. The van der Waals surface area contributed by atoms with Crippen LogP contribution in [-0.4, -0.2) is 12.1 Å². The van der Waals surface area contributed by atoms with E-state index < -0.39 is 6.23 Å². The van der Waals surface area contributed by atoms with E-state index in [2.05, 4.69) is 5.29 Å². The molecule has 106 valence electrons. The number of nitrogens with zero attached hydrogens (tertiary/aromatic N) is 3. The molecule has 0 spiro atoms. The van der Waals surface area contributed by atoms with E-state index in [4.69, 9.17) is 21.6 Å². The molecule has 0 aliphatic rings. The largest absolute Gasteiger partial charge is 0.465 e. The quantitative estimate of drug-likeness (QED) is 0.477. The topological polar surface area (TPSA) is 65.7 Å². The van der Waals surface area contributed by atoms with Gasteiger partial charge in [0.05, 0.1) is 16.9 Å². The maximum Gasteiger partial charge on any atom is 0.215 e. The Morgan fingerprint density at radius 2 is 1.81 bits per heavy atom. The van der Waals surface area contributed by atoms with Crippen LogP contribution in [0.15, 0.2) is 53.8 Å². The van der Waals surface area contributed by atoms with Crippen molar-refractivity contribution in [2.45, 2.75) is 6.23 Å². The Morgan fingerprint density at radius 1 is 1.19 bits per heavy atom. The predicted octanol–water partition coefficient (Wildman–Crippen LogP) is 3.90. The van der Waals surface area contributed by atoms with Gasteiger partial charge in [-0.2, -0.15) is 5.26 Å². The highest BCUT2D eigenvalue weighted by Gasteiger charge is 2.19. The third kappa shape index (κ3) is 3.71. The molecule has 0 saturated carbocycles. The number of ether oxygens (including phenoxy) is 1. The average Bonchev–Trinajstić information content (AvgIpc) is 2.53. The van der Waals surface area contributed by atoms with E-state index in [0.29, 0.717) is 16.3 Å². The maximum atomic E-state index is 10.8. The molecular formula is C15H12ClN3O2. The molecule has 5 nitrogen and oxygen atoms in total. The Kier molecular flexibility index (Phi) is 4.75. The first-order chi connectivity index (χ1) is 10.1. The maximum absolute atomic E-state index is 10.8. The fourth-order valence-corrected chi connectivity index (χ4v) is 1.89. The van der Waals surface area contributed by atoms with Crippen molar-refractivity contribution < 1.29 is 4.74 Å². The highest BCUT2D eigenvalue weighted by molar-refractivity contribution is 6.30. The SMILES string of the molecule is CN(N=O)C(Oc1ccc(C#N)cc1)c1ccc(Cl)cc1. The lowest BCUT2D eigenvalue weighted by Gasteiger charge is -2.24. The normalized spacial score (nSPS) is 11.3. The summed E-state index contributed by atoms with van der Waals surface area (Å²) in [6.07, 6.45) is -0.673. The summed E-state index contributed by atoms with van der Waals surface area (Å²) >= 11 is 5.85. The molecule has 0 amide bonds. The molecule has 0 N–H and O–H groups in total. The molecule has 0 radical (unpaired) electrons. The lowest BCUT2D eigenvalue weighted by atomic mass is 10.2. The molecule has 2 rings (SSSR count). The van der Waals surface area contributed by atoms with Crippen molar-refractivity contribution in [1.82, 2.24) is 5.01 Å². The summed E-state index contributed by atoms with van der Waals surface area (Å²) in [5, 5.41) is 13.4. The predicted molar refractivity (Wildman–Crippen MR) is 79.5 cm³/mol. The number of benzene rings is 2. The summed E-state index contributed by atoms with van der Waals surface area (Å²) in [4.78, 5) is 10.8. The van der Waals surface area contributed by atoms with Gasteiger partial charge in [-0.1, -0.05) is 23.7 Å². The summed E-state index contributed by atoms with van der Waals surface area (Å²) in [5.74, 6) is 0.532. The van der Waals surface area contributed by atoms with Crippen molar-refractivity contribution in [3.8, 4) is 11.8 Å². The van der Waals surface area contributed by atoms with Crippen LogP contribution in [0.5, 0.6) is 5.75 Å². The van der Waals surface area contributed by atoms with Gasteiger partial charge in [0.1, 0.15) is 5.75 Å². The fourth-order valence-electron chi connectivity index (χ4n) is 1.77. The molecule has 1 unspecified atom stereocenters. The molecule has 0 saturated heterocycles. The second kappa shape index (κ2) is 6.73. The van der Waals surface area contributed by atoms with Crippen LogP contribution in [0.25, 0.3) is 0 Å². The minimum absolute atomic E-state index is 0.532. The van der Waals surface area contributed by atoms with Gasteiger partial charge in [0.2, 0.25) is 6.23 Å². The van der Waals surface area contributed by atoms with Gasteiger partial charge < -0.3 is 4.74 Å². The van der Waals surface area contributed by atoms with Crippen LogP contribution in [0.3, 0.4) is 0 Å². The van der Waals surface area contributed by atoms with E-state index in [1.807, 2.05) is 6.07 Å². The minimum atomic E-state index is -0.673. The molecule has 0 aliphatic carbocycles. The van der Waals surface area contributed by atoms with Gasteiger partial charge in [-0.15, -0.1) is 4.91 Å². The van der Waals surface area contributed by atoms with Crippen LogP contribution in [0.1, 0.15) is 17.4 Å². The van der Waals surface area contributed by atoms with Gasteiger partial charge in [0, 0.05) is 17.6 Å². The summed E-state index contributed by atoms with van der Waals surface area (Å²) in [5.41, 5.74) is 1.28. The number of rotatable bonds is 5. The zero-order valence-electron chi connectivity index (χ0n) is 11.2. The third-order valence-corrected chi connectivity index (χ3v) is 3.11. The molecule has 21 heavy (non-hydrogen) atoms. The van der Waals surface area contributed by atoms with Gasteiger partial charge in [0.25, 0.3) is 0 Å². The van der Waals surface area contributed by atoms with Crippen LogP contribution < -0.4 is 4.74 Å². The van der Waals surface area contributed by atoms with E-state index in [1.165, 1.54) is 12.1 Å². The molecule has 0 fully saturated rings. The van der Waals surface area contributed by atoms with E-state index in [9.17, 15) is 4.91 Å². The summed E-state index contributed by atoms with van der Waals surface area (Å²) in [7, 11) is 1.52. The Hall–Kier alpha value is -2.58. The lowest BCUT2D eigenvalue weighted by Crippen LogP contribution is -2.24. The molecule has 1 atom stereocenters. The summed E-state index contributed by atoms with van der Waals surface area (Å²) in [6, 6.07) is 15.6. The molecule has 0 aromatic heterocycles. The third-order valence-electron chi connectivity index (χ3n) is 2.85. The zero-order valence-corrected chi connectivity index (χ0v) is 12.0. The van der Waals surface area contributed by atoms with Gasteiger partial charge in [-0.3, -0.25) is 0 Å². The first-order valence-corrected chi connectivity index (χ1v) is 6.50. The molecule has 0 aliphatic heterocycles. The monoisotopic (exact) mass is 301 g/mol. The van der Waals surface area contributed by atoms with E-state index >= 15 is 0 Å². The highest BCUT2D eigenvalue weighted by Crippen LogP contribution is 2.26. The van der Waals surface area contributed by atoms with Crippen LogP contribution in [0.4, 0.5) is 0 Å². The first-order valence-electron chi connectivity index (χ1n) is 6.12. The first kappa shape index (κ1) is 14.8. The van der Waals surface area contributed by atoms with Gasteiger partial charge >= 0.3 is 0 Å². The zero-order chi connectivity index (χ0) is 15.2. The standard InChI is InChI=1S/C15H12ClN3O2/c1-19(18-20)15(12-4-6-13(16)7-5-12)21-14-8-2-11(10-17)3-9-14/h2-9,15H,1H3. The molecule has 6 heteroatoms. The van der Waals surface area contributed by atoms with Crippen LogP contribution in [0, 0.1) is 16.2 Å². The van der Waals surface area contributed by atoms with E-state index in [0.717, 1.165) is 5.56 Å². The smallest absolute Gasteiger partial charge is 0.215 e. The van der Waals surface area contributed by atoms with Gasteiger partial charge in [-0.05, 0) is 36.4 Å². The highest BCUT2D eigenvalue weighted by atomic mass is 35.5. The molecule has 0 bridgehead atoms. The van der Waals surface area contributed by atoms with Crippen molar-refractivity contribution in [1.29, 1.82) is 5.26 Å². The number of hydrogen-bond acceptors (Lipinski definition) is 4. The van der Waals surface area contributed by atoms with Crippen molar-refractivity contribution >= 4 is 11.6 Å². The summed E-state index contributed by atoms with van der Waals surface area (Å²) < 4.78 is 5.77. The van der Waals surface area contributed by atoms with Crippen LogP contribution in [-0.2, 0) is 0 Å². The average molecular weight is 302 g/mol. The Labute approximate surface area is 127 Å². The van der Waals surface area contributed by atoms with Crippen molar-refractivity contribution in [2.75, 3.05) is 7.05 Å². The Balaban J connectivity index is 2.25. The molecule has 2 aromatic carbocycles. The minimum Gasteiger partial charge on any atom is -0.465 e. The van der Waals surface area contributed by atoms with E-state index in [1.54, 1.807) is 48.5 Å². The second-order valence-corrected chi connectivity index (χ2v) is 4.75. The Morgan fingerprint density at radius 3 is 2.33 bits per heavy atom. The molecule has 0 heterocycles.